The smallest absolute Gasteiger partial charge is 0.340 e. The first-order valence-corrected chi connectivity index (χ1v) is 6.96. The Bertz CT molecular complexity index is 747. The standard InChI is InChI=1S/C9H12N2O2.C7H8N2O2/c1-2-13-9(12)7-4-3-6(10)5-8(7)11;8-4-1-2-5(7(10)11)6(9)3-4/h3-5H,2,10-11H2,1H3;1-3H,8-9H2,(H,10,11). The Labute approximate surface area is 139 Å². The van der Waals surface area contributed by atoms with Gasteiger partial charge in [-0.3, -0.25) is 0 Å². The number of hydrogen-bond donors (Lipinski definition) is 5. The highest BCUT2D eigenvalue weighted by atomic mass is 16.5. The molecule has 0 fully saturated rings. The van der Waals surface area contributed by atoms with Crippen molar-refractivity contribution in [2.24, 2.45) is 0 Å². The maximum Gasteiger partial charge on any atom is 0.340 e. The lowest BCUT2D eigenvalue weighted by Gasteiger charge is -2.05. The van der Waals surface area contributed by atoms with Gasteiger partial charge in [0.25, 0.3) is 0 Å². The van der Waals surface area contributed by atoms with Crippen LogP contribution < -0.4 is 22.9 Å². The zero-order chi connectivity index (χ0) is 18.3. The Morgan fingerprint density at radius 3 is 1.75 bits per heavy atom. The second-order valence-electron chi connectivity index (χ2n) is 4.72. The van der Waals surface area contributed by atoms with Crippen LogP contribution in [0, 0.1) is 0 Å². The molecule has 0 amide bonds. The van der Waals surface area contributed by atoms with Gasteiger partial charge in [-0.1, -0.05) is 0 Å². The Hall–Kier alpha value is -3.42. The van der Waals surface area contributed by atoms with E-state index in [4.69, 9.17) is 32.8 Å². The Morgan fingerprint density at radius 2 is 1.38 bits per heavy atom. The van der Waals surface area contributed by atoms with Crippen LogP contribution in [0.2, 0.25) is 0 Å². The van der Waals surface area contributed by atoms with Gasteiger partial charge in [-0.25, -0.2) is 9.59 Å². The largest absolute Gasteiger partial charge is 0.478 e. The molecule has 0 bridgehead atoms. The number of carbonyl (C=O) groups excluding carboxylic acids is 1. The van der Waals surface area contributed by atoms with Gasteiger partial charge in [0.05, 0.1) is 17.7 Å². The topological polar surface area (TPSA) is 168 Å². The van der Waals surface area contributed by atoms with Crippen molar-refractivity contribution in [2.45, 2.75) is 6.92 Å². The van der Waals surface area contributed by atoms with Gasteiger partial charge in [-0.2, -0.15) is 0 Å². The van der Waals surface area contributed by atoms with E-state index in [-0.39, 0.29) is 11.3 Å². The van der Waals surface area contributed by atoms with Crippen LogP contribution in [0.15, 0.2) is 36.4 Å². The van der Waals surface area contributed by atoms with Crippen LogP contribution in [0.25, 0.3) is 0 Å². The molecule has 9 N–H and O–H groups in total. The molecule has 0 saturated heterocycles. The van der Waals surface area contributed by atoms with Crippen LogP contribution in [0.5, 0.6) is 0 Å². The highest BCUT2D eigenvalue weighted by molar-refractivity contribution is 5.95. The minimum Gasteiger partial charge on any atom is -0.478 e. The van der Waals surface area contributed by atoms with Crippen LogP contribution >= 0.6 is 0 Å². The molecule has 8 heteroatoms. The van der Waals surface area contributed by atoms with E-state index in [1.54, 1.807) is 19.1 Å². The number of aromatic carboxylic acids is 1. The molecule has 8 nitrogen and oxygen atoms in total. The number of rotatable bonds is 3. The highest BCUT2D eigenvalue weighted by Gasteiger charge is 2.09. The molecule has 128 valence electrons. The van der Waals surface area contributed by atoms with Crippen LogP contribution in [0.1, 0.15) is 27.6 Å². The number of esters is 1. The minimum absolute atomic E-state index is 0.0826. The van der Waals surface area contributed by atoms with Gasteiger partial charge in [-0.15, -0.1) is 0 Å². The summed E-state index contributed by atoms with van der Waals surface area (Å²) in [6.45, 7) is 2.08. The van der Waals surface area contributed by atoms with Crippen molar-refractivity contribution in [2.75, 3.05) is 29.5 Å². The van der Waals surface area contributed by atoms with E-state index in [1.165, 1.54) is 24.3 Å². The van der Waals surface area contributed by atoms with Crippen molar-refractivity contribution in [1.29, 1.82) is 0 Å². The monoisotopic (exact) mass is 332 g/mol. The zero-order valence-corrected chi connectivity index (χ0v) is 13.2. The summed E-state index contributed by atoms with van der Waals surface area (Å²) in [5.74, 6) is -1.46. The fourth-order valence-corrected chi connectivity index (χ4v) is 1.75. The van der Waals surface area contributed by atoms with Crippen molar-refractivity contribution in [3.8, 4) is 0 Å². The van der Waals surface area contributed by atoms with E-state index in [9.17, 15) is 9.59 Å². The number of carboxylic acids is 1. The molecule has 0 saturated carbocycles. The van der Waals surface area contributed by atoms with Gasteiger partial charge in [0.2, 0.25) is 0 Å². The van der Waals surface area contributed by atoms with Crippen LogP contribution in [-0.2, 0) is 4.74 Å². The molecule has 0 aromatic heterocycles. The average Bonchev–Trinajstić information content (AvgIpc) is 2.47. The summed E-state index contributed by atoms with van der Waals surface area (Å²) in [4.78, 5) is 21.6. The Balaban J connectivity index is 0.000000243. The number of ether oxygens (including phenoxy) is 1. The van der Waals surface area contributed by atoms with Crippen LogP contribution in [0.4, 0.5) is 22.7 Å². The van der Waals surface area contributed by atoms with Crippen molar-refractivity contribution >= 4 is 34.7 Å². The molecule has 0 unspecified atom stereocenters. The zero-order valence-electron chi connectivity index (χ0n) is 13.2. The molecule has 0 spiro atoms. The van der Waals surface area contributed by atoms with Gasteiger partial charge >= 0.3 is 11.9 Å². The minimum atomic E-state index is -1.04. The quantitative estimate of drug-likeness (QED) is 0.417. The van der Waals surface area contributed by atoms with Crippen molar-refractivity contribution in [3.63, 3.8) is 0 Å². The summed E-state index contributed by atoms with van der Waals surface area (Å²) in [5, 5.41) is 8.54. The molecule has 0 aliphatic heterocycles. The molecule has 0 aliphatic rings. The third-order valence-electron chi connectivity index (χ3n) is 2.88. The number of hydrogen-bond acceptors (Lipinski definition) is 7. The van der Waals surface area contributed by atoms with Gasteiger partial charge in [0.15, 0.2) is 0 Å². The highest BCUT2D eigenvalue weighted by Crippen LogP contribution is 2.16. The maximum absolute atomic E-state index is 11.2. The van der Waals surface area contributed by atoms with E-state index in [0.717, 1.165) is 0 Å². The number of anilines is 4. The van der Waals surface area contributed by atoms with E-state index in [0.29, 0.717) is 29.2 Å². The summed E-state index contributed by atoms with van der Waals surface area (Å²) >= 11 is 0. The molecule has 2 aromatic rings. The van der Waals surface area contributed by atoms with Gasteiger partial charge in [0, 0.05) is 22.7 Å². The molecule has 0 radical (unpaired) electrons. The number of nitrogens with two attached hydrogens (primary N) is 4. The predicted octanol–water partition coefficient (Wildman–Crippen LogP) is 1.58. The molecular formula is C16H20N4O4. The first-order chi connectivity index (χ1) is 11.3. The predicted molar refractivity (Wildman–Crippen MR) is 93.4 cm³/mol. The van der Waals surface area contributed by atoms with Crippen LogP contribution in [-0.4, -0.2) is 23.7 Å². The summed E-state index contributed by atoms with van der Waals surface area (Å²) in [6, 6.07) is 9.01. The summed E-state index contributed by atoms with van der Waals surface area (Å²) in [5.41, 5.74) is 23.7. The van der Waals surface area contributed by atoms with Gasteiger partial charge in [-0.05, 0) is 43.3 Å². The third kappa shape index (κ3) is 5.09. The molecular weight excluding hydrogens is 312 g/mol. The lowest BCUT2D eigenvalue weighted by atomic mass is 10.1. The third-order valence-corrected chi connectivity index (χ3v) is 2.88. The molecule has 0 heterocycles. The van der Waals surface area contributed by atoms with E-state index >= 15 is 0 Å². The first kappa shape index (κ1) is 18.6. The Kier molecular flexibility index (Phi) is 6.42. The van der Waals surface area contributed by atoms with Gasteiger partial charge < -0.3 is 32.8 Å². The lowest BCUT2D eigenvalue weighted by Crippen LogP contribution is -2.08. The summed E-state index contributed by atoms with van der Waals surface area (Å²) < 4.78 is 4.79. The Morgan fingerprint density at radius 1 is 0.917 bits per heavy atom. The number of nitrogen functional groups attached to an aromatic ring is 4. The van der Waals surface area contributed by atoms with E-state index < -0.39 is 11.9 Å². The van der Waals surface area contributed by atoms with Gasteiger partial charge in [0.1, 0.15) is 0 Å². The van der Waals surface area contributed by atoms with Crippen molar-refractivity contribution in [3.05, 3.63) is 47.5 Å². The molecule has 24 heavy (non-hydrogen) atoms. The second-order valence-corrected chi connectivity index (χ2v) is 4.72. The SMILES string of the molecule is CCOC(=O)c1ccc(N)cc1N.Nc1ccc(C(=O)O)c(N)c1. The van der Waals surface area contributed by atoms with Crippen molar-refractivity contribution in [1.82, 2.24) is 0 Å². The molecule has 2 rings (SSSR count). The lowest BCUT2D eigenvalue weighted by molar-refractivity contribution is 0.0527. The fraction of sp³-hybridized carbons (Fsp3) is 0.125. The summed E-state index contributed by atoms with van der Waals surface area (Å²) in [7, 11) is 0. The second kappa shape index (κ2) is 8.28. The van der Waals surface area contributed by atoms with E-state index in [2.05, 4.69) is 0 Å². The maximum atomic E-state index is 11.2. The van der Waals surface area contributed by atoms with Crippen molar-refractivity contribution < 1.29 is 19.4 Å². The average molecular weight is 332 g/mol. The fourth-order valence-electron chi connectivity index (χ4n) is 1.75. The molecule has 0 atom stereocenters. The number of carboxylic acid groups (broad SMARTS) is 1. The summed E-state index contributed by atoms with van der Waals surface area (Å²) in [6.07, 6.45) is 0. The van der Waals surface area contributed by atoms with Crippen LogP contribution in [0.3, 0.4) is 0 Å². The molecule has 0 aliphatic carbocycles. The number of benzene rings is 2. The number of carbonyl (C=O) groups is 2. The first-order valence-electron chi connectivity index (χ1n) is 6.96. The normalized spacial score (nSPS) is 9.54. The van der Waals surface area contributed by atoms with E-state index in [1.807, 2.05) is 0 Å². The molecule has 2 aromatic carbocycles.